The van der Waals surface area contributed by atoms with Crippen LogP contribution in [0.1, 0.15) is 47.0 Å². The third kappa shape index (κ3) is 2.52. The highest BCUT2D eigenvalue weighted by atomic mass is 15.3. The molecule has 1 rings (SSSR count). The highest BCUT2D eigenvalue weighted by Gasteiger charge is 2.40. The average Bonchev–Trinajstić information content (AvgIpc) is 2.12. The molecule has 1 aliphatic carbocycles. The summed E-state index contributed by atoms with van der Waals surface area (Å²) in [5, 5.41) is 0. The molecule has 1 unspecified atom stereocenters. The Labute approximate surface area is 94.4 Å². The highest BCUT2D eigenvalue weighted by molar-refractivity contribution is 4.98. The quantitative estimate of drug-likeness (QED) is 0.521. The van der Waals surface area contributed by atoms with E-state index in [1.165, 1.54) is 19.3 Å². The van der Waals surface area contributed by atoms with Crippen LogP contribution in [0.3, 0.4) is 0 Å². The lowest BCUT2D eigenvalue weighted by atomic mass is 9.72. The first-order valence-corrected chi connectivity index (χ1v) is 6.29. The van der Waals surface area contributed by atoms with E-state index in [2.05, 4.69) is 38.0 Å². The molecule has 15 heavy (non-hydrogen) atoms. The van der Waals surface area contributed by atoms with Crippen LogP contribution < -0.4 is 11.3 Å². The van der Waals surface area contributed by atoms with E-state index in [0.717, 1.165) is 19.0 Å². The van der Waals surface area contributed by atoms with E-state index < -0.39 is 0 Å². The summed E-state index contributed by atoms with van der Waals surface area (Å²) < 4.78 is 0. The molecule has 3 N–H and O–H groups in total. The van der Waals surface area contributed by atoms with Gasteiger partial charge in [0.05, 0.1) is 0 Å². The van der Waals surface area contributed by atoms with Gasteiger partial charge in [-0.2, -0.15) is 0 Å². The lowest BCUT2D eigenvalue weighted by Crippen LogP contribution is -2.63. The summed E-state index contributed by atoms with van der Waals surface area (Å²) in [6.07, 6.45) is 4.04. The Morgan fingerprint density at radius 3 is 2.13 bits per heavy atom. The van der Waals surface area contributed by atoms with E-state index >= 15 is 0 Å². The van der Waals surface area contributed by atoms with E-state index in [1.54, 1.807) is 0 Å². The number of hydrogen-bond donors (Lipinski definition) is 2. The molecule has 0 bridgehead atoms. The minimum Gasteiger partial charge on any atom is -0.297 e. The predicted octanol–water partition coefficient (Wildman–Crippen LogP) is 1.74. The van der Waals surface area contributed by atoms with Gasteiger partial charge in [0.15, 0.2) is 0 Å². The molecule has 0 aromatic carbocycles. The van der Waals surface area contributed by atoms with Crippen LogP contribution in [-0.4, -0.2) is 29.6 Å². The zero-order valence-electron chi connectivity index (χ0n) is 10.7. The van der Waals surface area contributed by atoms with Gasteiger partial charge >= 0.3 is 0 Å². The van der Waals surface area contributed by atoms with Crippen molar-refractivity contribution in [2.45, 2.75) is 58.5 Å². The molecule has 0 radical (unpaired) electrons. The van der Waals surface area contributed by atoms with E-state index in [0.29, 0.717) is 6.04 Å². The van der Waals surface area contributed by atoms with Gasteiger partial charge in [-0.25, -0.2) is 0 Å². The molecule has 0 amide bonds. The third-order valence-corrected chi connectivity index (χ3v) is 4.14. The van der Waals surface area contributed by atoms with Gasteiger partial charge in [0, 0.05) is 11.6 Å². The van der Waals surface area contributed by atoms with Gasteiger partial charge in [-0.1, -0.05) is 20.3 Å². The molecule has 0 saturated heterocycles. The Bertz CT molecular complexity index is 183. The van der Waals surface area contributed by atoms with Crippen molar-refractivity contribution in [2.24, 2.45) is 11.8 Å². The molecule has 3 heteroatoms. The van der Waals surface area contributed by atoms with Gasteiger partial charge in [0.2, 0.25) is 0 Å². The first-order chi connectivity index (χ1) is 7.07. The zero-order chi connectivity index (χ0) is 11.5. The maximum Gasteiger partial charge on any atom is 0.0417 e. The van der Waals surface area contributed by atoms with Gasteiger partial charge in [-0.05, 0) is 45.7 Å². The van der Waals surface area contributed by atoms with Crippen molar-refractivity contribution in [3.8, 4) is 0 Å². The molecule has 3 nitrogen and oxygen atoms in total. The molecule has 1 saturated carbocycles. The number of hydrogen-bond acceptors (Lipinski definition) is 3. The normalized spacial score (nSPS) is 20.4. The molecule has 0 spiro atoms. The van der Waals surface area contributed by atoms with Crippen molar-refractivity contribution in [2.75, 3.05) is 13.1 Å². The topological polar surface area (TPSA) is 41.3 Å². The van der Waals surface area contributed by atoms with Crippen molar-refractivity contribution >= 4 is 0 Å². The SMILES string of the molecule is CCN(CC)C(C)(C)C(NN)C1CCC1. The second-order valence-electron chi connectivity index (χ2n) is 5.16. The second kappa shape index (κ2) is 5.28. The monoisotopic (exact) mass is 213 g/mol. The Morgan fingerprint density at radius 2 is 1.87 bits per heavy atom. The van der Waals surface area contributed by atoms with E-state index in [4.69, 9.17) is 5.84 Å². The number of rotatable bonds is 6. The van der Waals surface area contributed by atoms with Crippen LogP contribution in [-0.2, 0) is 0 Å². The molecule has 0 aromatic rings. The van der Waals surface area contributed by atoms with Crippen LogP contribution in [0.2, 0.25) is 0 Å². The highest BCUT2D eigenvalue weighted by Crippen LogP contribution is 2.35. The fourth-order valence-electron chi connectivity index (χ4n) is 2.93. The minimum atomic E-state index is 0.156. The number of nitrogens with one attached hydrogen (secondary N) is 1. The summed E-state index contributed by atoms with van der Waals surface area (Å²) in [4.78, 5) is 2.50. The largest absolute Gasteiger partial charge is 0.297 e. The van der Waals surface area contributed by atoms with Crippen molar-refractivity contribution in [1.29, 1.82) is 0 Å². The number of hydrazine groups is 1. The van der Waals surface area contributed by atoms with Crippen molar-refractivity contribution in [3.05, 3.63) is 0 Å². The third-order valence-electron chi connectivity index (χ3n) is 4.14. The van der Waals surface area contributed by atoms with Crippen LogP contribution >= 0.6 is 0 Å². The van der Waals surface area contributed by atoms with Crippen molar-refractivity contribution < 1.29 is 0 Å². The van der Waals surface area contributed by atoms with Gasteiger partial charge in [0.25, 0.3) is 0 Å². The lowest BCUT2D eigenvalue weighted by molar-refractivity contribution is 0.0428. The molecule has 0 aliphatic heterocycles. The molecular weight excluding hydrogens is 186 g/mol. The summed E-state index contributed by atoms with van der Waals surface area (Å²) in [6.45, 7) is 11.2. The lowest BCUT2D eigenvalue weighted by Gasteiger charge is -2.48. The standard InChI is InChI=1S/C12H27N3/c1-5-15(6-2)12(3,4)11(14-13)10-8-7-9-10/h10-11,14H,5-9,13H2,1-4H3. The Morgan fingerprint density at radius 1 is 1.33 bits per heavy atom. The Hall–Kier alpha value is -0.120. The maximum atomic E-state index is 5.74. The molecule has 1 atom stereocenters. The molecule has 1 fully saturated rings. The Kier molecular flexibility index (Phi) is 4.56. The van der Waals surface area contributed by atoms with Gasteiger partial charge in [0.1, 0.15) is 0 Å². The smallest absolute Gasteiger partial charge is 0.0417 e. The second-order valence-corrected chi connectivity index (χ2v) is 5.16. The molecule has 0 heterocycles. The van der Waals surface area contributed by atoms with Gasteiger partial charge in [-0.15, -0.1) is 0 Å². The summed E-state index contributed by atoms with van der Waals surface area (Å²) in [7, 11) is 0. The molecule has 90 valence electrons. The minimum absolute atomic E-state index is 0.156. The zero-order valence-corrected chi connectivity index (χ0v) is 10.7. The van der Waals surface area contributed by atoms with Crippen LogP contribution in [0.5, 0.6) is 0 Å². The van der Waals surface area contributed by atoms with Gasteiger partial charge in [-0.3, -0.25) is 16.2 Å². The van der Waals surface area contributed by atoms with Crippen LogP contribution in [0.4, 0.5) is 0 Å². The van der Waals surface area contributed by atoms with E-state index in [9.17, 15) is 0 Å². The molecule has 0 aromatic heterocycles. The van der Waals surface area contributed by atoms with Crippen LogP contribution in [0.15, 0.2) is 0 Å². The fraction of sp³-hybridized carbons (Fsp3) is 1.00. The summed E-state index contributed by atoms with van der Waals surface area (Å²) in [6, 6.07) is 0.422. The van der Waals surface area contributed by atoms with Gasteiger partial charge < -0.3 is 0 Å². The fourth-order valence-corrected chi connectivity index (χ4v) is 2.93. The first kappa shape index (κ1) is 12.9. The summed E-state index contributed by atoms with van der Waals surface area (Å²) >= 11 is 0. The number of nitrogens with zero attached hydrogens (tertiary/aromatic N) is 1. The number of nitrogens with two attached hydrogens (primary N) is 1. The van der Waals surface area contributed by atoms with Crippen molar-refractivity contribution in [1.82, 2.24) is 10.3 Å². The summed E-state index contributed by atoms with van der Waals surface area (Å²) in [5.74, 6) is 6.51. The van der Waals surface area contributed by atoms with Crippen LogP contribution in [0.25, 0.3) is 0 Å². The predicted molar refractivity (Wildman–Crippen MR) is 65.5 cm³/mol. The van der Waals surface area contributed by atoms with Crippen molar-refractivity contribution in [3.63, 3.8) is 0 Å². The first-order valence-electron chi connectivity index (χ1n) is 6.29. The van der Waals surface area contributed by atoms with E-state index in [1.807, 2.05) is 0 Å². The molecule has 1 aliphatic rings. The number of likely N-dealkylation sites (N-methyl/N-ethyl adjacent to an activating group) is 1. The average molecular weight is 213 g/mol. The maximum absolute atomic E-state index is 5.74. The van der Waals surface area contributed by atoms with Crippen LogP contribution in [0, 0.1) is 5.92 Å². The summed E-state index contributed by atoms with van der Waals surface area (Å²) in [5.41, 5.74) is 3.21. The Balaban J connectivity index is 2.69. The molecular formula is C12H27N3. The van der Waals surface area contributed by atoms with E-state index in [-0.39, 0.29) is 5.54 Å².